The molecule has 0 aromatic carbocycles. The van der Waals surface area contributed by atoms with E-state index in [0.717, 1.165) is 96.3 Å². The molecule has 0 rings (SSSR count). The Balaban J connectivity index is 5.58. The van der Waals surface area contributed by atoms with E-state index in [-0.39, 0.29) is 32.0 Å². The summed E-state index contributed by atoms with van der Waals surface area (Å²) in [6, 6.07) is -0.922. The Kier molecular flexibility index (Phi) is 49.4. The van der Waals surface area contributed by atoms with Gasteiger partial charge in [0.15, 0.2) is 0 Å². The first kappa shape index (κ1) is 69.9. The van der Waals surface area contributed by atoms with Crippen molar-refractivity contribution < 1.29 is 37.3 Å². The van der Waals surface area contributed by atoms with Gasteiger partial charge < -0.3 is 19.4 Å². The summed E-state index contributed by atoms with van der Waals surface area (Å²) in [5, 5.41) is 2.98. The third-order valence-corrected chi connectivity index (χ3v) is 12.5. The van der Waals surface area contributed by atoms with Crippen molar-refractivity contribution in [2.24, 2.45) is 0 Å². The number of phosphoric ester groups is 1. The van der Waals surface area contributed by atoms with Crippen LogP contribution >= 0.6 is 7.82 Å². The number of phosphoric acid groups is 1. The number of rotatable bonds is 49. The summed E-state index contributed by atoms with van der Waals surface area (Å²) in [7, 11) is 1.39. The smallest absolute Gasteiger partial charge is 0.456 e. The van der Waals surface area contributed by atoms with Crippen LogP contribution in [0.4, 0.5) is 0 Å². The summed E-state index contributed by atoms with van der Waals surface area (Å²) in [5.41, 5.74) is 0. The first-order valence-electron chi connectivity index (χ1n) is 28.7. The molecule has 0 aliphatic carbocycles. The first-order valence-corrected chi connectivity index (χ1v) is 30.2. The number of quaternary nitrogens is 1. The molecular weight excluding hydrogens is 940 g/mol. The van der Waals surface area contributed by atoms with Crippen LogP contribution in [0.25, 0.3) is 0 Å². The van der Waals surface area contributed by atoms with E-state index in [9.17, 15) is 19.0 Å². The largest absolute Gasteiger partial charge is 0.472 e. The van der Waals surface area contributed by atoms with Crippen LogP contribution in [0, 0.1) is 0 Å². The van der Waals surface area contributed by atoms with Crippen LogP contribution in [0.1, 0.15) is 194 Å². The second-order valence-corrected chi connectivity index (χ2v) is 21.1. The monoisotopic (exact) mass is 1050 g/mol. The van der Waals surface area contributed by atoms with Gasteiger partial charge in [0.2, 0.25) is 5.91 Å². The van der Waals surface area contributed by atoms with E-state index in [1.807, 2.05) is 39.4 Å². The molecule has 0 saturated carbocycles. The molecule has 418 valence electrons. The zero-order valence-electron chi connectivity index (χ0n) is 47.5. The number of nitrogens with one attached hydrogen (secondary N) is 1. The molecule has 1 amide bonds. The van der Waals surface area contributed by atoms with E-state index in [1.54, 1.807) is 6.08 Å². The molecule has 0 fully saturated rings. The van der Waals surface area contributed by atoms with Crippen molar-refractivity contribution in [3.8, 4) is 0 Å². The van der Waals surface area contributed by atoms with Gasteiger partial charge in [-0.3, -0.25) is 18.6 Å². The van der Waals surface area contributed by atoms with Gasteiger partial charge >= 0.3 is 13.8 Å². The summed E-state index contributed by atoms with van der Waals surface area (Å²) in [6.07, 6.45) is 75.9. The van der Waals surface area contributed by atoms with Crippen LogP contribution in [-0.4, -0.2) is 74.3 Å². The number of hydrogen-bond donors (Lipinski definition) is 2. The Labute approximate surface area is 453 Å². The highest BCUT2D eigenvalue weighted by Crippen LogP contribution is 2.43. The highest BCUT2D eigenvalue weighted by Gasteiger charge is 2.30. The highest BCUT2D eigenvalue weighted by molar-refractivity contribution is 7.47. The molecule has 0 aromatic heterocycles. The van der Waals surface area contributed by atoms with Gasteiger partial charge in [0.1, 0.15) is 19.3 Å². The molecule has 0 saturated heterocycles. The fraction of sp³-hybridized carbons (Fsp3) is 0.594. The van der Waals surface area contributed by atoms with Crippen LogP contribution in [-0.2, 0) is 27.9 Å². The van der Waals surface area contributed by atoms with E-state index >= 15 is 0 Å². The number of nitrogens with zero attached hydrogens (tertiary/aromatic N) is 1. The lowest BCUT2D eigenvalue weighted by Crippen LogP contribution is -2.47. The van der Waals surface area contributed by atoms with Crippen LogP contribution in [0.2, 0.25) is 0 Å². The van der Waals surface area contributed by atoms with Gasteiger partial charge in [-0.15, -0.1) is 0 Å². The van der Waals surface area contributed by atoms with E-state index in [2.05, 4.69) is 148 Å². The summed E-state index contributed by atoms with van der Waals surface area (Å²) < 4.78 is 30.5. The molecule has 0 aliphatic heterocycles. The number of ether oxygens (including phenoxy) is 1. The van der Waals surface area contributed by atoms with E-state index in [1.165, 1.54) is 51.4 Å². The molecule has 2 N–H and O–H groups in total. The molecule has 10 heteroatoms. The molecule has 9 nitrogen and oxygen atoms in total. The summed E-state index contributed by atoms with van der Waals surface area (Å²) in [6.45, 7) is 6.65. The number of carbonyl (C=O) groups is 2. The predicted octanol–water partition coefficient (Wildman–Crippen LogP) is 17.5. The Bertz CT molecular complexity index is 1770. The van der Waals surface area contributed by atoms with E-state index < -0.39 is 25.9 Å². The second-order valence-electron chi connectivity index (χ2n) is 19.7. The highest BCUT2D eigenvalue weighted by atomic mass is 31.2. The Hall–Kier alpha value is -4.11. The van der Waals surface area contributed by atoms with Crippen molar-refractivity contribution >= 4 is 19.7 Å². The maximum absolute atomic E-state index is 13.5. The number of unbranched alkanes of at least 4 members (excludes halogenated alkanes) is 11. The fourth-order valence-electron chi connectivity index (χ4n) is 7.17. The van der Waals surface area contributed by atoms with Gasteiger partial charge in [-0.1, -0.05) is 218 Å². The molecule has 0 heterocycles. The predicted molar refractivity (Wildman–Crippen MR) is 318 cm³/mol. The standard InChI is InChI=1S/C64H105N2O7P/c1-7-10-13-16-19-22-25-28-30-32-33-35-36-38-41-44-47-50-53-56-63(67)65-61(60-72-74(69,70)71-59-58-66(4,5)6)62(55-52-49-46-43-40-27-24-21-18-15-12-9-3)73-64(68)57-54-51-48-45-42-39-37-34-31-29-26-23-20-17-14-11-8-2/h10-11,13-14,19-20,22-23,28-31,33,35,37-39,41,45,47-48,50,52,55,61-62H,7-9,12,15-18,21,24-27,32,34,36,40,42-44,46,49,51,53-54,56-60H2,1-6H3,(H-,65,67,69,70)/p+1/b13-10-,14-11-,22-19-,23-20-,30-28-,31-29-,35-33-,39-37-,41-38-,48-45-,50-47-,55-52+. The van der Waals surface area contributed by atoms with Crippen LogP contribution in [0.15, 0.2) is 146 Å². The van der Waals surface area contributed by atoms with E-state index in [4.69, 9.17) is 13.8 Å². The average Bonchev–Trinajstić information content (AvgIpc) is 3.36. The molecule has 3 atom stereocenters. The number of esters is 1. The quantitative estimate of drug-likeness (QED) is 0.0205. The lowest BCUT2D eigenvalue weighted by molar-refractivity contribution is -0.870. The maximum Gasteiger partial charge on any atom is 0.472 e. The summed E-state index contributed by atoms with van der Waals surface area (Å²) >= 11 is 0. The fourth-order valence-corrected chi connectivity index (χ4v) is 7.91. The minimum absolute atomic E-state index is 0.00925. The van der Waals surface area contributed by atoms with Crippen molar-refractivity contribution in [2.45, 2.75) is 206 Å². The second kappa shape index (κ2) is 52.3. The van der Waals surface area contributed by atoms with Crippen molar-refractivity contribution in [3.63, 3.8) is 0 Å². The third kappa shape index (κ3) is 52.7. The minimum atomic E-state index is -4.49. The molecule has 0 aliphatic rings. The normalized spacial score (nSPS) is 14.9. The van der Waals surface area contributed by atoms with Crippen LogP contribution in [0.3, 0.4) is 0 Å². The molecule has 3 unspecified atom stereocenters. The number of allylic oxidation sites excluding steroid dienone is 23. The van der Waals surface area contributed by atoms with Crippen molar-refractivity contribution in [1.29, 1.82) is 0 Å². The zero-order valence-corrected chi connectivity index (χ0v) is 48.4. The molecular formula is C64H106N2O7P+. The Morgan fingerprint density at radius 2 is 0.878 bits per heavy atom. The number of hydrogen-bond acceptors (Lipinski definition) is 6. The van der Waals surface area contributed by atoms with Crippen molar-refractivity contribution in [3.05, 3.63) is 146 Å². The van der Waals surface area contributed by atoms with Gasteiger partial charge in [-0.2, -0.15) is 0 Å². The lowest BCUT2D eigenvalue weighted by Gasteiger charge is -2.27. The van der Waals surface area contributed by atoms with Crippen LogP contribution < -0.4 is 5.32 Å². The Morgan fingerprint density at radius 1 is 0.486 bits per heavy atom. The average molecular weight is 1050 g/mol. The van der Waals surface area contributed by atoms with Gasteiger partial charge in [0, 0.05) is 12.8 Å². The minimum Gasteiger partial charge on any atom is -0.456 e. The Morgan fingerprint density at radius 3 is 1.31 bits per heavy atom. The van der Waals surface area contributed by atoms with E-state index in [0.29, 0.717) is 23.9 Å². The number of amides is 1. The molecule has 0 radical (unpaired) electrons. The third-order valence-electron chi connectivity index (χ3n) is 11.5. The van der Waals surface area contributed by atoms with Gasteiger partial charge in [0.25, 0.3) is 0 Å². The van der Waals surface area contributed by atoms with Crippen LogP contribution in [0.5, 0.6) is 0 Å². The molecule has 0 bridgehead atoms. The molecule has 0 aromatic rings. The number of carbonyl (C=O) groups excluding carboxylic acids is 2. The number of likely N-dealkylation sites (N-methyl/N-ethyl adjacent to an activating group) is 1. The van der Waals surface area contributed by atoms with Gasteiger partial charge in [-0.05, 0) is 109 Å². The maximum atomic E-state index is 13.5. The van der Waals surface area contributed by atoms with Crippen molar-refractivity contribution in [1.82, 2.24) is 5.32 Å². The van der Waals surface area contributed by atoms with Crippen molar-refractivity contribution in [2.75, 3.05) is 40.9 Å². The van der Waals surface area contributed by atoms with Gasteiger partial charge in [-0.25, -0.2) is 4.57 Å². The topological polar surface area (TPSA) is 111 Å². The van der Waals surface area contributed by atoms with Gasteiger partial charge in [0.05, 0.1) is 33.8 Å². The lowest BCUT2D eigenvalue weighted by atomic mass is 10.1. The molecule has 0 spiro atoms. The zero-order chi connectivity index (χ0) is 54.3. The SMILES string of the molecule is CC/C=C\C/C=C\C/C=C\C/C=C\C/C=C\C/C=C\CCC(=O)NC(COP(=O)(O)OCC[N+](C)(C)C)C(/C=C/CCCCCCCCCCCC)OC(=O)CCC/C=C\C/C=C\C/C=C\C/C=C\C/C=C\CC. The summed E-state index contributed by atoms with van der Waals surface area (Å²) in [5.74, 6) is -0.686. The molecule has 74 heavy (non-hydrogen) atoms. The first-order chi connectivity index (χ1) is 35.9. The summed E-state index contributed by atoms with van der Waals surface area (Å²) in [4.78, 5) is 37.5.